The van der Waals surface area contributed by atoms with Crippen molar-refractivity contribution >= 4 is 31.3 Å². The summed E-state index contributed by atoms with van der Waals surface area (Å²) < 4.78 is 6.57. The van der Waals surface area contributed by atoms with E-state index in [9.17, 15) is 9.59 Å². The third kappa shape index (κ3) is 2.97. The molecule has 1 saturated carbocycles. The molecule has 0 N–H and O–H groups in total. The molecule has 5 heteroatoms. The molecular weight excluding hydrogens is 369 g/mol. The number of hydrogen-bond acceptors (Lipinski definition) is 3. The maximum atomic E-state index is 12.5. The molecule has 0 radical (unpaired) electrons. The molecule has 1 aliphatic carbocycles. The summed E-state index contributed by atoms with van der Waals surface area (Å²) >= 11 is 0.144. The number of piperidine rings is 1. The van der Waals surface area contributed by atoms with E-state index in [1.807, 2.05) is 48.5 Å². The molecule has 0 unspecified atom stereocenters. The molecule has 122 valence electrons. The van der Waals surface area contributed by atoms with Gasteiger partial charge < -0.3 is 0 Å². The standard InChI is InChI=1S/C19H17NO3Se/c21-18-16(24-14-9-5-2-6-10-14)11-15-17(18)20(15)19(22)23-12-13-7-3-1-4-8-13/h1-10,15-17H,11-12H2/t15-,16-,17-,20?/m0/s1. The zero-order valence-corrected chi connectivity index (χ0v) is 14.7. The van der Waals surface area contributed by atoms with Crippen LogP contribution in [0.3, 0.4) is 0 Å². The molecule has 0 spiro atoms. The summed E-state index contributed by atoms with van der Waals surface area (Å²) in [5.41, 5.74) is 0.953. The van der Waals surface area contributed by atoms with Gasteiger partial charge in [-0.25, -0.2) is 0 Å². The van der Waals surface area contributed by atoms with Crippen LogP contribution < -0.4 is 4.46 Å². The van der Waals surface area contributed by atoms with Crippen molar-refractivity contribution in [3.8, 4) is 0 Å². The summed E-state index contributed by atoms with van der Waals surface area (Å²) in [6.45, 7) is 0.251. The monoisotopic (exact) mass is 387 g/mol. The van der Waals surface area contributed by atoms with Crippen LogP contribution in [0.1, 0.15) is 12.0 Å². The van der Waals surface area contributed by atoms with E-state index in [1.165, 1.54) is 4.46 Å². The fraction of sp³-hybridized carbons (Fsp3) is 0.263. The van der Waals surface area contributed by atoms with Gasteiger partial charge in [-0.3, -0.25) is 0 Å². The van der Waals surface area contributed by atoms with Crippen molar-refractivity contribution in [3.63, 3.8) is 0 Å². The minimum absolute atomic E-state index is 0.0522. The van der Waals surface area contributed by atoms with Crippen LogP contribution in [0.15, 0.2) is 60.7 Å². The maximum absolute atomic E-state index is 12.5. The number of fused-ring (bicyclic) bond motifs is 1. The number of ketones is 1. The van der Waals surface area contributed by atoms with Crippen molar-refractivity contribution in [2.75, 3.05) is 0 Å². The number of likely N-dealkylation sites (tertiary alicyclic amines) is 1. The number of benzene rings is 2. The fourth-order valence-corrected chi connectivity index (χ4v) is 5.69. The van der Waals surface area contributed by atoms with Gasteiger partial charge in [0, 0.05) is 0 Å². The molecule has 2 aliphatic rings. The first-order valence-corrected chi connectivity index (χ1v) is 9.83. The number of Topliss-reactive ketones (excluding diaryl/α,β-unsaturated/α-hetero) is 1. The zero-order valence-electron chi connectivity index (χ0n) is 13.0. The number of rotatable bonds is 4. The van der Waals surface area contributed by atoms with Gasteiger partial charge in [-0.15, -0.1) is 0 Å². The van der Waals surface area contributed by atoms with E-state index in [4.69, 9.17) is 4.74 Å². The van der Waals surface area contributed by atoms with Crippen LogP contribution >= 0.6 is 0 Å². The third-order valence-electron chi connectivity index (χ3n) is 4.43. The molecule has 2 fully saturated rings. The summed E-state index contributed by atoms with van der Waals surface area (Å²) in [6.07, 6.45) is 0.409. The van der Waals surface area contributed by atoms with Gasteiger partial charge in [0.05, 0.1) is 0 Å². The Kier molecular flexibility index (Phi) is 4.13. The van der Waals surface area contributed by atoms with Crippen LogP contribution in [0, 0.1) is 0 Å². The Bertz CT molecular complexity index is 746. The number of ether oxygens (including phenoxy) is 1. The molecule has 4 nitrogen and oxygen atoms in total. The summed E-state index contributed by atoms with van der Waals surface area (Å²) in [4.78, 5) is 26.4. The Morgan fingerprint density at radius 3 is 2.38 bits per heavy atom. The summed E-state index contributed by atoms with van der Waals surface area (Å²) in [5.74, 6) is 0.209. The van der Waals surface area contributed by atoms with Gasteiger partial charge in [0.1, 0.15) is 0 Å². The van der Waals surface area contributed by atoms with Gasteiger partial charge in [-0.1, -0.05) is 0 Å². The average molecular weight is 386 g/mol. The van der Waals surface area contributed by atoms with Crippen molar-refractivity contribution in [1.29, 1.82) is 0 Å². The van der Waals surface area contributed by atoms with Gasteiger partial charge in [-0.05, 0) is 0 Å². The average Bonchev–Trinajstić information content (AvgIpc) is 3.25. The van der Waals surface area contributed by atoms with Crippen molar-refractivity contribution in [3.05, 3.63) is 66.2 Å². The molecule has 0 aromatic heterocycles. The van der Waals surface area contributed by atoms with Crippen LogP contribution in [0.25, 0.3) is 0 Å². The van der Waals surface area contributed by atoms with E-state index in [-0.39, 0.29) is 50.3 Å². The van der Waals surface area contributed by atoms with Crippen LogP contribution in [-0.2, 0) is 16.1 Å². The molecule has 1 saturated heterocycles. The van der Waals surface area contributed by atoms with Crippen LogP contribution in [-0.4, -0.2) is 43.8 Å². The normalized spacial score (nSPS) is 24.6. The van der Waals surface area contributed by atoms with Crippen molar-refractivity contribution in [2.45, 2.75) is 29.9 Å². The Hall–Kier alpha value is -2.10. The molecule has 1 amide bonds. The third-order valence-corrected chi connectivity index (χ3v) is 7.06. The van der Waals surface area contributed by atoms with Gasteiger partial charge >= 0.3 is 147 Å². The second-order valence-electron chi connectivity index (χ2n) is 6.02. The zero-order chi connectivity index (χ0) is 16.5. The first kappa shape index (κ1) is 15.4. The van der Waals surface area contributed by atoms with E-state index in [1.54, 1.807) is 4.90 Å². The van der Waals surface area contributed by atoms with Crippen molar-refractivity contribution < 1.29 is 14.3 Å². The topological polar surface area (TPSA) is 46.4 Å². The predicted molar refractivity (Wildman–Crippen MR) is 91.2 cm³/mol. The molecule has 2 aromatic rings. The van der Waals surface area contributed by atoms with E-state index in [0.717, 1.165) is 12.0 Å². The molecular formula is C19H17NO3Se. The summed E-state index contributed by atoms with van der Waals surface area (Å²) in [5, 5.41) is 0. The van der Waals surface area contributed by atoms with E-state index in [0.29, 0.717) is 0 Å². The first-order valence-electron chi connectivity index (χ1n) is 7.98. The van der Waals surface area contributed by atoms with Crippen LogP contribution in [0.4, 0.5) is 4.79 Å². The van der Waals surface area contributed by atoms with Gasteiger partial charge in [0.2, 0.25) is 0 Å². The second kappa shape index (κ2) is 6.42. The fourth-order valence-electron chi connectivity index (χ4n) is 3.19. The van der Waals surface area contributed by atoms with Crippen molar-refractivity contribution in [1.82, 2.24) is 4.90 Å². The predicted octanol–water partition coefficient (Wildman–Crippen LogP) is 2.17. The quantitative estimate of drug-likeness (QED) is 0.598. The van der Waals surface area contributed by atoms with Crippen LogP contribution in [0.5, 0.6) is 0 Å². The second-order valence-corrected chi connectivity index (χ2v) is 8.69. The number of carbonyl (C=O) groups excluding carboxylic acids is 2. The molecule has 24 heavy (non-hydrogen) atoms. The van der Waals surface area contributed by atoms with E-state index < -0.39 is 0 Å². The summed E-state index contributed by atoms with van der Waals surface area (Å²) in [6, 6.07) is 19.5. The first-order chi connectivity index (χ1) is 11.7. The number of hydrogen-bond donors (Lipinski definition) is 0. The van der Waals surface area contributed by atoms with Gasteiger partial charge in [0.15, 0.2) is 0 Å². The summed E-state index contributed by atoms with van der Waals surface area (Å²) in [7, 11) is 0. The molecule has 4 rings (SSSR count). The number of amides is 1. The Balaban J connectivity index is 1.31. The molecule has 1 aliphatic heterocycles. The molecule has 1 heterocycles. The van der Waals surface area contributed by atoms with Gasteiger partial charge in [0.25, 0.3) is 0 Å². The van der Waals surface area contributed by atoms with Crippen molar-refractivity contribution in [2.24, 2.45) is 0 Å². The Labute approximate surface area is 147 Å². The molecule has 3 atom stereocenters. The van der Waals surface area contributed by atoms with E-state index in [2.05, 4.69) is 12.1 Å². The minimum atomic E-state index is -0.368. The van der Waals surface area contributed by atoms with E-state index >= 15 is 0 Å². The number of nitrogens with zero attached hydrogens (tertiary/aromatic N) is 1. The van der Waals surface area contributed by atoms with Crippen LogP contribution in [0.2, 0.25) is 4.82 Å². The SMILES string of the molecule is O=C1[C@@H]([Se]c2ccccc2)C[C@H]2[C@@H]1N2C(=O)OCc1ccccc1. The Morgan fingerprint density at radius 2 is 1.75 bits per heavy atom. The molecule has 0 bridgehead atoms. The Morgan fingerprint density at radius 1 is 1.08 bits per heavy atom. The van der Waals surface area contributed by atoms with Gasteiger partial charge in [-0.2, -0.15) is 0 Å². The molecule has 2 aromatic carbocycles. The number of carbonyl (C=O) groups is 2.